The van der Waals surface area contributed by atoms with Gasteiger partial charge in [-0.2, -0.15) is 13.2 Å². The first-order chi connectivity index (χ1) is 17.1. The fraction of sp³-hybridized carbons (Fsp3) is 0.296. The summed E-state index contributed by atoms with van der Waals surface area (Å²) in [7, 11) is 0. The van der Waals surface area contributed by atoms with Crippen LogP contribution in [0.15, 0.2) is 48.5 Å². The summed E-state index contributed by atoms with van der Waals surface area (Å²) in [5.41, 5.74) is 2.64. The third-order valence-corrected chi connectivity index (χ3v) is 6.78. The van der Waals surface area contributed by atoms with Gasteiger partial charge in [0.05, 0.1) is 23.1 Å². The molecule has 0 saturated carbocycles. The van der Waals surface area contributed by atoms with Crippen LogP contribution >= 0.6 is 11.6 Å². The van der Waals surface area contributed by atoms with Crippen LogP contribution in [0.4, 0.5) is 23.5 Å². The summed E-state index contributed by atoms with van der Waals surface area (Å²) in [6.45, 7) is 6.75. The number of hydrogen-bond donors (Lipinski definition) is 1. The number of aromatic nitrogens is 2. The second kappa shape index (κ2) is 9.41. The van der Waals surface area contributed by atoms with Gasteiger partial charge in [-0.25, -0.2) is 9.37 Å². The molecule has 0 unspecified atom stereocenters. The minimum atomic E-state index is -4.53. The van der Waals surface area contributed by atoms with Crippen molar-refractivity contribution in [2.75, 3.05) is 31.1 Å². The fourth-order valence-electron chi connectivity index (χ4n) is 4.92. The molecule has 0 amide bonds. The van der Waals surface area contributed by atoms with E-state index in [-0.39, 0.29) is 11.4 Å². The van der Waals surface area contributed by atoms with Gasteiger partial charge in [-0.15, -0.1) is 0 Å². The molecule has 0 radical (unpaired) electrons. The lowest BCUT2D eigenvalue weighted by Crippen LogP contribution is -2.44. The Hall–Kier alpha value is -3.10. The van der Waals surface area contributed by atoms with Gasteiger partial charge in [0.15, 0.2) is 0 Å². The fourth-order valence-corrected chi connectivity index (χ4v) is 5.13. The molecule has 4 nitrogen and oxygen atoms in total. The Morgan fingerprint density at radius 2 is 1.64 bits per heavy atom. The Labute approximate surface area is 211 Å². The zero-order valence-corrected chi connectivity index (χ0v) is 20.6. The third kappa shape index (κ3) is 4.55. The minimum absolute atomic E-state index is 0.0301. The van der Waals surface area contributed by atoms with E-state index in [1.165, 1.54) is 12.1 Å². The van der Waals surface area contributed by atoms with Gasteiger partial charge in [-0.1, -0.05) is 41.9 Å². The molecule has 3 aromatic carbocycles. The number of nitrogens with zero attached hydrogens (tertiary/aromatic N) is 3. The zero-order valence-electron chi connectivity index (χ0n) is 19.9. The van der Waals surface area contributed by atoms with Gasteiger partial charge in [0, 0.05) is 36.8 Å². The molecule has 0 aliphatic carbocycles. The molecule has 1 aromatic heterocycles. The van der Waals surface area contributed by atoms with Crippen LogP contribution in [0.5, 0.6) is 0 Å². The van der Waals surface area contributed by atoms with Crippen molar-refractivity contribution in [1.82, 2.24) is 14.9 Å². The summed E-state index contributed by atoms with van der Waals surface area (Å²) >= 11 is 6.49. The number of nitrogens with one attached hydrogen (secondary N) is 1. The molecule has 188 valence electrons. The van der Waals surface area contributed by atoms with E-state index in [9.17, 15) is 17.6 Å². The van der Waals surface area contributed by atoms with Crippen LogP contribution in [-0.2, 0) is 12.7 Å². The van der Waals surface area contributed by atoms with Crippen molar-refractivity contribution in [1.29, 1.82) is 0 Å². The van der Waals surface area contributed by atoms with Gasteiger partial charge in [-0.3, -0.25) is 0 Å². The molecule has 1 aliphatic rings. The summed E-state index contributed by atoms with van der Waals surface area (Å²) in [6, 6.07) is 12.3. The van der Waals surface area contributed by atoms with Crippen molar-refractivity contribution < 1.29 is 17.6 Å². The normalized spacial score (nSPS) is 14.6. The zero-order chi connectivity index (χ0) is 25.6. The quantitative estimate of drug-likeness (QED) is 0.311. The van der Waals surface area contributed by atoms with E-state index in [1.807, 2.05) is 4.57 Å². The molecule has 1 saturated heterocycles. The number of anilines is 1. The summed E-state index contributed by atoms with van der Waals surface area (Å²) < 4.78 is 58.0. The Bertz CT molecular complexity index is 1410. The highest BCUT2D eigenvalue weighted by Gasteiger charge is 2.34. The molecule has 2 heterocycles. The Balaban J connectivity index is 1.75. The van der Waals surface area contributed by atoms with Crippen molar-refractivity contribution in [2.24, 2.45) is 0 Å². The predicted molar refractivity (Wildman–Crippen MR) is 135 cm³/mol. The van der Waals surface area contributed by atoms with E-state index in [0.29, 0.717) is 58.3 Å². The lowest BCUT2D eigenvalue weighted by molar-refractivity contribution is -0.137. The number of aryl methyl sites for hydroxylation is 2. The molecule has 1 aliphatic heterocycles. The van der Waals surface area contributed by atoms with E-state index in [2.05, 4.69) is 10.2 Å². The minimum Gasteiger partial charge on any atom is -0.340 e. The number of hydrogen-bond acceptors (Lipinski definition) is 3. The maximum atomic E-state index is 14.3. The van der Waals surface area contributed by atoms with Gasteiger partial charge in [-0.05, 0) is 54.3 Å². The van der Waals surface area contributed by atoms with Crippen molar-refractivity contribution in [3.8, 4) is 11.1 Å². The smallest absolute Gasteiger partial charge is 0.340 e. The van der Waals surface area contributed by atoms with Crippen LogP contribution in [-0.4, -0.2) is 35.7 Å². The average molecular weight is 517 g/mol. The molecule has 9 heteroatoms. The van der Waals surface area contributed by atoms with Gasteiger partial charge in [0.2, 0.25) is 5.95 Å². The van der Waals surface area contributed by atoms with Crippen molar-refractivity contribution in [3.05, 3.63) is 81.6 Å². The number of imidazole rings is 1. The number of piperazine rings is 1. The second-order valence-electron chi connectivity index (χ2n) is 9.14. The second-order valence-corrected chi connectivity index (χ2v) is 9.58. The molecule has 0 bridgehead atoms. The maximum absolute atomic E-state index is 14.3. The van der Waals surface area contributed by atoms with Crippen molar-refractivity contribution in [3.63, 3.8) is 0 Å². The van der Waals surface area contributed by atoms with E-state index < -0.39 is 11.7 Å². The number of fused-ring (bicyclic) bond motifs is 1. The number of alkyl halides is 3. The molecular formula is C27H25ClF4N4. The number of rotatable bonds is 4. The van der Waals surface area contributed by atoms with Crippen molar-refractivity contribution in [2.45, 2.75) is 26.6 Å². The molecule has 1 N–H and O–H groups in total. The molecule has 36 heavy (non-hydrogen) atoms. The first-order valence-corrected chi connectivity index (χ1v) is 12.1. The van der Waals surface area contributed by atoms with Gasteiger partial charge in [0.25, 0.3) is 0 Å². The standard InChI is InChI=1S/C27H25ClF4N4/c1-16-11-18(12-17(2)24(16)29)15-36-23-14-19(28)13-21(20-5-3-4-6-22(20)27(30,31)32)25(23)34-26(36)35-9-7-33-8-10-35/h3-6,11-14,33H,7-10,15H2,1-2H3. The highest BCUT2D eigenvalue weighted by Crippen LogP contribution is 2.41. The molecule has 4 aromatic rings. The van der Waals surface area contributed by atoms with Crippen LogP contribution in [0, 0.1) is 19.7 Å². The van der Waals surface area contributed by atoms with Crippen molar-refractivity contribution >= 4 is 28.6 Å². The third-order valence-electron chi connectivity index (χ3n) is 6.56. The maximum Gasteiger partial charge on any atom is 0.417 e. The first-order valence-electron chi connectivity index (χ1n) is 11.7. The van der Waals surface area contributed by atoms with E-state index in [0.717, 1.165) is 24.7 Å². The van der Waals surface area contributed by atoms with Crippen LogP contribution in [0.1, 0.15) is 22.3 Å². The lowest BCUT2D eigenvalue weighted by Gasteiger charge is -2.29. The molecule has 0 atom stereocenters. The monoisotopic (exact) mass is 516 g/mol. The predicted octanol–water partition coefficient (Wildman–Crippen LogP) is 6.59. The SMILES string of the molecule is Cc1cc(Cn2c(N3CCNCC3)nc3c(-c4ccccc4C(F)(F)F)cc(Cl)cc32)cc(C)c1F. The van der Waals surface area contributed by atoms with Crippen LogP contribution in [0.25, 0.3) is 22.2 Å². The van der Waals surface area contributed by atoms with Crippen LogP contribution in [0.2, 0.25) is 5.02 Å². The summed E-state index contributed by atoms with van der Waals surface area (Å²) in [5.74, 6) is 0.407. The Morgan fingerprint density at radius 1 is 0.972 bits per heavy atom. The number of halogens is 5. The summed E-state index contributed by atoms with van der Waals surface area (Å²) in [6.07, 6.45) is -4.53. The van der Waals surface area contributed by atoms with E-state index in [4.69, 9.17) is 16.6 Å². The van der Waals surface area contributed by atoms with Gasteiger partial charge >= 0.3 is 6.18 Å². The average Bonchev–Trinajstić information content (AvgIpc) is 3.20. The molecular weight excluding hydrogens is 492 g/mol. The highest BCUT2D eigenvalue weighted by atomic mass is 35.5. The Morgan fingerprint density at radius 3 is 2.31 bits per heavy atom. The van der Waals surface area contributed by atoms with Crippen LogP contribution < -0.4 is 10.2 Å². The highest BCUT2D eigenvalue weighted by molar-refractivity contribution is 6.31. The Kier molecular flexibility index (Phi) is 6.43. The largest absolute Gasteiger partial charge is 0.417 e. The van der Waals surface area contributed by atoms with Crippen LogP contribution in [0.3, 0.4) is 0 Å². The van der Waals surface area contributed by atoms with Gasteiger partial charge in [0.1, 0.15) is 5.82 Å². The van der Waals surface area contributed by atoms with Gasteiger partial charge < -0.3 is 14.8 Å². The molecule has 5 rings (SSSR count). The van der Waals surface area contributed by atoms with E-state index >= 15 is 0 Å². The van der Waals surface area contributed by atoms with E-state index in [1.54, 1.807) is 44.2 Å². The summed E-state index contributed by atoms with van der Waals surface area (Å²) in [5, 5.41) is 3.63. The molecule has 0 spiro atoms. The molecule has 1 fully saturated rings. The topological polar surface area (TPSA) is 33.1 Å². The lowest BCUT2D eigenvalue weighted by atomic mass is 9.98. The first kappa shape index (κ1) is 24.6. The summed E-state index contributed by atoms with van der Waals surface area (Å²) in [4.78, 5) is 7.01. The number of benzene rings is 3.